The van der Waals surface area contributed by atoms with Crippen LogP contribution < -0.4 is 5.48 Å². The summed E-state index contributed by atoms with van der Waals surface area (Å²) in [6.45, 7) is 8.08. The van der Waals surface area contributed by atoms with E-state index in [1.54, 1.807) is 5.48 Å². The number of carbonyl (C=O) groups is 2. The Labute approximate surface area is 137 Å². The zero-order chi connectivity index (χ0) is 17.0. The molecule has 1 atom stereocenters. The highest BCUT2D eigenvalue weighted by atomic mass is 16.5. The van der Waals surface area contributed by atoms with E-state index in [2.05, 4.69) is 0 Å². The summed E-state index contributed by atoms with van der Waals surface area (Å²) < 4.78 is 0. The van der Waals surface area contributed by atoms with Crippen molar-refractivity contribution >= 4 is 11.8 Å². The highest BCUT2D eigenvalue weighted by Gasteiger charge is 2.34. The molecule has 126 valence electrons. The quantitative estimate of drug-likeness (QED) is 0.653. The molecule has 2 N–H and O–H groups in total. The third-order valence-corrected chi connectivity index (χ3v) is 4.08. The molecule has 1 aliphatic heterocycles. The average Bonchev–Trinajstić information content (AvgIpc) is 2.55. The molecule has 1 aromatic rings. The molecule has 1 saturated heterocycles. The minimum Gasteiger partial charge on any atom is -0.340 e. The number of piperazine rings is 1. The molecule has 23 heavy (non-hydrogen) atoms. The van der Waals surface area contributed by atoms with Gasteiger partial charge in [0.05, 0.1) is 0 Å². The van der Waals surface area contributed by atoms with E-state index in [9.17, 15) is 9.59 Å². The Hall–Kier alpha value is -1.92. The third kappa shape index (κ3) is 4.09. The number of hydrogen-bond acceptors (Lipinski definition) is 4. The smallest absolute Gasteiger partial charge is 0.265 e. The third-order valence-electron chi connectivity index (χ3n) is 4.08. The van der Waals surface area contributed by atoms with Crippen molar-refractivity contribution in [1.29, 1.82) is 0 Å². The average molecular weight is 319 g/mol. The molecule has 1 heterocycles. The van der Waals surface area contributed by atoms with Crippen LogP contribution in [0.3, 0.4) is 0 Å². The number of nitrogens with zero attached hydrogens (tertiary/aromatic N) is 2. The summed E-state index contributed by atoms with van der Waals surface area (Å²) in [6, 6.07) is 8.81. The lowest BCUT2D eigenvalue weighted by Gasteiger charge is -2.40. The van der Waals surface area contributed by atoms with Crippen LogP contribution >= 0.6 is 0 Å². The van der Waals surface area contributed by atoms with Crippen LogP contribution in [0.15, 0.2) is 30.3 Å². The van der Waals surface area contributed by atoms with Crippen LogP contribution in [-0.4, -0.2) is 53.0 Å². The summed E-state index contributed by atoms with van der Waals surface area (Å²) in [5.41, 5.74) is 2.19. The van der Waals surface area contributed by atoms with Crippen molar-refractivity contribution in [3.63, 3.8) is 0 Å². The number of hydrogen-bond donors (Lipinski definition) is 2. The van der Waals surface area contributed by atoms with Gasteiger partial charge in [-0.3, -0.25) is 19.7 Å². The topological polar surface area (TPSA) is 72.9 Å². The Balaban J connectivity index is 2.09. The summed E-state index contributed by atoms with van der Waals surface area (Å²) in [5.74, 6) is -0.327. The van der Waals surface area contributed by atoms with Crippen molar-refractivity contribution in [2.75, 3.05) is 26.2 Å². The minimum absolute atomic E-state index is 0.125. The number of amides is 2. The van der Waals surface area contributed by atoms with Gasteiger partial charge in [0.2, 0.25) is 5.91 Å². The molecule has 2 rings (SSSR count). The molecule has 1 fully saturated rings. The van der Waals surface area contributed by atoms with Crippen LogP contribution in [0, 0.1) is 5.41 Å². The van der Waals surface area contributed by atoms with Crippen molar-refractivity contribution in [2.24, 2.45) is 5.41 Å². The number of nitrogens with one attached hydrogen (secondary N) is 1. The molecule has 0 spiro atoms. The van der Waals surface area contributed by atoms with E-state index in [0.717, 1.165) is 5.56 Å². The maximum Gasteiger partial charge on any atom is 0.265 e. The first-order valence-electron chi connectivity index (χ1n) is 7.87. The first-order valence-corrected chi connectivity index (χ1v) is 7.87. The van der Waals surface area contributed by atoms with Crippen LogP contribution in [-0.2, 0) is 9.59 Å². The number of carbonyl (C=O) groups excluding carboxylic acids is 2. The van der Waals surface area contributed by atoms with Crippen molar-refractivity contribution in [2.45, 2.75) is 26.8 Å². The van der Waals surface area contributed by atoms with Crippen molar-refractivity contribution < 1.29 is 14.8 Å². The number of benzene rings is 1. The Kier molecular flexibility index (Phi) is 5.38. The normalized spacial score (nSPS) is 17.7. The molecule has 1 unspecified atom stereocenters. The largest absolute Gasteiger partial charge is 0.340 e. The second-order valence-corrected chi connectivity index (χ2v) is 6.87. The van der Waals surface area contributed by atoms with Gasteiger partial charge < -0.3 is 4.90 Å². The molecular weight excluding hydrogens is 294 g/mol. The molecule has 6 nitrogen and oxygen atoms in total. The Morgan fingerprint density at radius 2 is 1.65 bits per heavy atom. The van der Waals surface area contributed by atoms with E-state index in [-0.39, 0.29) is 5.91 Å². The number of rotatable bonds is 3. The van der Waals surface area contributed by atoms with Crippen LogP contribution in [0.1, 0.15) is 32.4 Å². The van der Waals surface area contributed by atoms with Gasteiger partial charge in [-0.25, -0.2) is 5.48 Å². The summed E-state index contributed by atoms with van der Waals surface area (Å²) in [6.07, 6.45) is 0. The predicted octanol–water partition coefficient (Wildman–Crippen LogP) is 1.42. The molecule has 0 radical (unpaired) electrons. The molecule has 1 aliphatic rings. The van der Waals surface area contributed by atoms with Gasteiger partial charge in [0.25, 0.3) is 5.91 Å². The van der Waals surface area contributed by atoms with Crippen LogP contribution in [0.25, 0.3) is 0 Å². The van der Waals surface area contributed by atoms with Gasteiger partial charge >= 0.3 is 0 Å². The summed E-state index contributed by atoms with van der Waals surface area (Å²) in [5, 5.41) is 9.05. The standard InChI is InChI=1S/C17H25N3O3/c1-17(2,3)16(22)20-11-9-19(10-12-20)14(15(21)18-23)13-7-5-4-6-8-13/h4-8,14,23H,9-12H2,1-3H3,(H,18,21). The van der Waals surface area contributed by atoms with Crippen LogP contribution in [0.5, 0.6) is 0 Å². The summed E-state index contributed by atoms with van der Waals surface area (Å²) in [7, 11) is 0. The summed E-state index contributed by atoms with van der Waals surface area (Å²) >= 11 is 0. The molecule has 1 aromatic carbocycles. The van der Waals surface area contributed by atoms with Gasteiger partial charge in [-0.2, -0.15) is 0 Å². The van der Waals surface area contributed by atoms with Crippen molar-refractivity contribution in [1.82, 2.24) is 15.3 Å². The fourth-order valence-electron chi connectivity index (χ4n) is 2.88. The van der Waals surface area contributed by atoms with Gasteiger partial charge in [-0.1, -0.05) is 51.1 Å². The van der Waals surface area contributed by atoms with Crippen LogP contribution in [0.4, 0.5) is 0 Å². The van der Waals surface area contributed by atoms with E-state index in [1.807, 2.05) is 60.9 Å². The maximum absolute atomic E-state index is 12.3. The molecule has 0 saturated carbocycles. The Morgan fingerprint density at radius 3 is 2.13 bits per heavy atom. The Morgan fingerprint density at radius 1 is 1.09 bits per heavy atom. The van der Waals surface area contributed by atoms with Crippen LogP contribution in [0.2, 0.25) is 0 Å². The fraction of sp³-hybridized carbons (Fsp3) is 0.529. The fourth-order valence-corrected chi connectivity index (χ4v) is 2.88. The van der Waals surface area contributed by atoms with E-state index in [1.165, 1.54) is 0 Å². The van der Waals surface area contributed by atoms with Gasteiger partial charge in [0.1, 0.15) is 6.04 Å². The lowest BCUT2D eigenvalue weighted by Crippen LogP contribution is -2.54. The van der Waals surface area contributed by atoms with Crippen molar-refractivity contribution in [3.8, 4) is 0 Å². The van der Waals surface area contributed by atoms with E-state index in [4.69, 9.17) is 5.21 Å². The molecule has 6 heteroatoms. The second-order valence-electron chi connectivity index (χ2n) is 6.87. The van der Waals surface area contributed by atoms with E-state index < -0.39 is 17.4 Å². The lowest BCUT2D eigenvalue weighted by atomic mass is 9.94. The minimum atomic E-state index is -0.548. The van der Waals surface area contributed by atoms with E-state index >= 15 is 0 Å². The number of hydroxylamine groups is 1. The van der Waals surface area contributed by atoms with E-state index in [0.29, 0.717) is 26.2 Å². The Bertz CT molecular complexity index is 546. The van der Waals surface area contributed by atoms with Gasteiger partial charge in [0, 0.05) is 31.6 Å². The predicted molar refractivity (Wildman–Crippen MR) is 86.7 cm³/mol. The first kappa shape index (κ1) is 17.4. The SMILES string of the molecule is CC(C)(C)C(=O)N1CCN(C(C(=O)NO)c2ccccc2)CC1. The highest BCUT2D eigenvalue weighted by molar-refractivity contribution is 5.83. The molecule has 0 aromatic heterocycles. The molecule has 2 amide bonds. The first-order chi connectivity index (χ1) is 10.8. The zero-order valence-corrected chi connectivity index (χ0v) is 14.0. The highest BCUT2D eigenvalue weighted by Crippen LogP contribution is 2.24. The lowest BCUT2D eigenvalue weighted by molar-refractivity contribution is -0.143. The molecule has 0 bridgehead atoms. The van der Waals surface area contributed by atoms with Gasteiger partial charge in [0.15, 0.2) is 0 Å². The molecular formula is C17H25N3O3. The van der Waals surface area contributed by atoms with Gasteiger partial charge in [-0.05, 0) is 5.56 Å². The van der Waals surface area contributed by atoms with Crippen molar-refractivity contribution in [3.05, 3.63) is 35.9 Å². The monoisotopic (exact) mass is 319 g/mol. The molecule has 0 aliphatic carbocycles. The maximum atomic E-state index is 12.3. The zero-order valence-electron chi connectivity index (χ0n) is 14.0. The summed E-state index contributed by atoms with van der Waals surface area (Å²) in [4.78, 5) is 28.3. The van der Waals surface area contributed by atoms with Gasteiger partial charge in [-0.15, -0.1) is 0 Å². The second kappa shape index (κ2) is 7.10.